The first-order valence-corrected chi connectivity index (χ1v) is 15.1. The first-order chi connectivity index (χ1) is 13.4. The zero-order valence-corrected chi connectivity index (χ0v) is 19.2. The fourth-order valence-electron chi connectivity index (χ4n) is 3.41. The summed E-state index contributed by atoms with van der Waals surface area (Å²) in [5, 5.41) is 0. The largest absolute Gasteiger partial charge is 0.329 e. The number of hydrogen-bond donors (Lipinski definition) is 0. The van der Waals surface area contributed by atoms with E-state index >= 15 is 0 Å². The van der Waals surface area contributed by atoms with Crippen LogP contribution in [0.2, 0.25) is 0 Å². The molecule has 2 aromatic rings. The van der Waals surface area contributed by atoms with Crippen molar-refractivity contribution in [3.05, 3.63) is 71.8 Å². The van der Waals surface area contributed by atoms with Crippen LogP contribution in [0.5, 0.6) is 0 Å². The molecule has 2 saturated heterocycles. The summed E-state index contributed by atoms with van der Waals surface area (Å²) in [6, 6.07) is 20.9. The van der Waals surface area contributed by atoms with Crippen molar-refractivity contribution in [1.82, 2.24) is 0 Å². The normalized spacial score (nSPS) is 33.2. The second-order valence-corrected chi connectivity index (χ2v) is 15.4. The van der Waals surface area contributed by atoms with E-state index in [0.717, 1.165) is 0 Å². The molecule has 8 heteroatoms. The predicted molar refractivity (Wildman–Crippen MR) is 120 cm³/mol. The van der Waals surface area contributed by atoms with Crippen LogP contribution in [-0.4, -0.2) is 39.3 Å². The molecule has 0 aromatic heterocycles. The minimum Gasteiger partial charge on any atom is -0.329 e. The molecule has 150 valence electrons. The van der Waals surface area contributed by atoms with E-state index in [0.29, 0.717) is 32.6 Å². The number of benzene rings is 2. The fraction of sp³-hybridized carbons (Fsp3) is 0.400. The highest BCUT2D eigenvalue weighted by molar-refractivity contribution is 8.10. The first-order valence-electron chi connectivity index (χ1n) is 9.23. The molecular formula is C20H24O4P2S2. The lowest BCUT2D eigenvalue weighted by atomic mass is 9.93. The quantitative estimate of drug-likeness (QED) is 0.595. The predicted octanol–water partition coefficient (Wildman–Crippen LogP) is 5.15. The van der Waals surface area contributed by atoms with Gasteiger partial charge in [0.25, 0.3) is 0 Å². The van der Waals surface area contributed by atoms with Gasteiger partial charge in [-0.3, -0.25) is 0 Å². The van der Waals surface area contributed by atoms with Crippen molar-refractivity contribution >= 4 is 36.6 Å². The summed E-state index contributed by atoms with van der Waals surface area (Å²) >= 11 is 11.2. The standard InChI is InChI=1S/C20H24O4P2S2/c1-25(27)21-13-20(14-22-25)15-23-26(28,24-16-20)12-19(17-8-4-2-5-9-17)18-10-6-3-7-11-18/h2-11,19H,12-16H2,1H3. The van der Waals surface area contributed by atoms with Crippen molar-refractivity contribution in [2.45, 2.75) is 5.92 Å². The van der Waals surface area contributed by atoms with Gasteiger partial charge in [-0.05, 0) is 34.7 Å². The molecule has 0 unspecified atom stereocenters. The summed E-state index contributed by atoms with van der Waals surface area (Å²) in [6.45, 7) is -0.660. The lowest BCUT2D eigenvalue weighted by molar-refractivity contribution is -0.0537. The molecule has 28 heavy (non-hydrogen) atoms. The monoisotopic (exact) mass is 454 g/mol. The van der Waals surface area contributed by atoms with Gasteiger partial charge in [-0.1, -0.05) is 60.7 Å². The summed E-state index contributed by atoms with van der Waals surface area (Å²) in [5.74, 6) is 0.142. The zero-order chi connectivity index (χ0) is 19.7. The molecule has 1 spiro atoms. The lowest BCUT2D eigenvalue weighted by Gasteiger charge is -2.45. The Morgan fingerprint density at radius 1 is 0.786 bits per heavy atom. The molecule has 0 saturated carbocycles. The highest BCUT2D eigenvalue weighted by Gasteiger charge is 2.45. The molecule has 2 aliphatic heterocycles. The molecule has 2 heterocycles. The van der Waals surface area contributed by atoms with Gasteiger partial charge in [-0.15, -0.1) is 0 Å². The Morgan fingerprint density at radius 3 is 1.68 bits per heavy atom. The minimum atomic E-state index is -2.42. The molecule has 2 aromatic carbocycles. The van der Waals surface area contributed by atoms with Gasteiger partial charge in [0.1, 0.15) is 0 Å². The maximum Gasteiger partial charge on any atom is 0.189 e. The van der Waals surface area contributed by atoms with Crippen LogP contribution in [0.3, 0.4) is 0 Å². The van der Waals surface area contributed by atoms with E-state index in [1.165, 1.54) is 11.1 Å². The summed E-state index contributed by atoms with van der Waals surface area (Å²) in [4.78, 5) is 0. The summed E-state index contributed by atoms with van der Waals surface area (Å²) in [5.41, 5.74) is 2.15. The van der Waals surface area contributed by atoms with Crippen LogP contribution in [0.4, 0.5) is 0 Å². The van der Waals surface area contributed by atoms with Gasteiger partial charge in [0.2, 0.25) is 0 Å². The maximum atomic E-state index is 6.22. The summed E-state index contributed by atoms with van der Waals surface area (Å²) in [7, 11) is 0. The van der Waals surface area contributed by atoms with Crippen LogP contribution in [-0.2, 0) is 41.7 Å². The van der Waals surface area contributed by atoms with Crippen molar-refractivity contribution in [3.8, 4) is 0 Å². The Balaban J connectivity index is 1.50. The van der Waals surface area contributed by atoms with Gasteiger partial charge in [0, 0.05) is 18.7 Å². The van der Waals surface area contributed by atoms with Crippen molar-refractivity contribution in [2.75, 3.05) is 39.3 Å². The first kappa shape index (κ1) is 20.8. The van der Waals surface area contributed by atoms with E-state index in [9.17, 15) is 0 Å². The molecule has 0 bridgehead atoms. The maximum absolute atomic E-state index is 6.22. The van der Waals surface area contributed by atoms with Crippen molar-refractivity contribution in [3.63, 3.8) is 0 Å². The van der Waals surface area contributed by atoms with Crippen LogP contribution in [0.25, 0.3) is 0 Å². The molecule has 0 aliphatic carbocycles. The smallest absolute Gasteiger partial charge is 0.189 e. The molecule has 0 amide bonds. The van der Waals surface area contributed by atoms with Gasteiger partial charge in [0.05, 0.1) is 31.8 Å². The van der Waals surface area contributed by atoms with Crippen LogP contribution >= 0.6 is 13.0 Å². The average molecular weight is 454 g/mol. The Bertz CT molecular complexity index is 841. The van der Waals surface area contributed by atoms with E-state index in [1.54, 1.807) is 0 Å². The summed E-state index contributed by atoms with van der Waals surface area (Å²) in [6.07, 6.45) is 0.667. The van der Waals surface area contributed by atoms with E-state index in [-0.39, 0.29) is 11.3 Å². The third-order valence-electron chi connectivity index (χ3n) is 5.16. The Hall–Kier alpha value is -0.420. The van der Waals surface area contributed by atoms with Gasteiger partial charge < -0.3 is 18.1 Å². The van der Waals surface area contributed by atoms with Gasteiger partial charge >= 0.3 is 0 Å². The highest BCUT2D eigenvalue weighted by atomic mass is 32.5. The molecule has 4 rings (SSSR count). The van der Waals surface area contributed by atoms with Crippen LogP contribution in [0, 0.1) is 5.41 Å². The fourth-order valence-corrected chi connectivity index (χ4v) is 7.67. The second kappa shape index (κ2) is 8.37. The van der Waals surface area contributed by atoms with Gasteiger partial charge in [-0.2, -0.15) is 0 Å². The van der Waals surface area contributed by atoms with E-state index < -0.39 is 13.0 Å². The topological polar surface area (TPSA) is 36.9 Å². The van der Waals surface area contributed by atoms with E-state index in [2.05, 4.69) is 48.5 Å². The minimum absolute atomic E-state index is 0.142. The lowest BCUT2D eigenvalue weighted by Crippen LogP contribution is -2.45. The zero-order valence-electron chi connectivity index (χ0n) is 15.7. The molecule has 2 fully saturated rings. The van der Waals surface area contributed by atoms with Gasteiger partial charge in [0.15, 0.2) is 13.0 Å². The van der Waals surface area contributed by atoms with Crippen LogP contribution in [0.1, 0.15) is 17.0 Å². The third kappa shape index (κ3) is 4.83. The molecule has 0 atom stereocenters. The summed E-state index contributed by atoms with van der Waals surface area (Å²) < 4.78 is 24.0. The Morgan fingerprint density at radius 2 is 1.21 bits per heavy atom. The molecule has 0 radical (unpaired) electrons. The number of hydrogen-bond acceptors (Lipinski definition) is 6. The van der Waals surface area contributed by atoms with Crippen molar-refractivity contribution in [1.29, 1.82) is 0 Å². The SMILES string of the molecule is CP1(=S)OCC2(CO1)COP(=S)(CC(c1ccccc1)c1ccccc1)OC2. The Labute approximate surface area is 176 Å². The molecule has 0 N–H and O–H groups in total. The van der Waals surface area contributed by atoms with Crippen LogP contribution in [0.15, 0.2) is 60.7 Å². The second-order valence-electron chi connectivity index (χ2n) is 7.53. The van der Waals surface area contributed by atoms with Gasteiger partial charge in [-0.25, -0.2) is 0 Å². The molecule has 2 aliphatic rings. The highest BCUT2D eigenvalue weighted by Crippen LogP contribution is 2.60. The average Bonchev–Trinajstić information content (AvgIpc) is 2.72. The van der Waals surface area contributed by atoms with Crippen molar-refractivity contribution in [2.24, 2.45) is 5.41 Å². The van der Waals surface area contributed by atoms with Crippen molar-refractivity contribution < 1.29 is 18.1 Å². The Kier molecular flexibility index (Phi) is 6.23. The number of rotatable bonds is 4. The van der Waals surface area contributed by atoms with Crippen LogP contribution < -0.4 is 0 Å². The van der Waals surface area contributed by atoms with E-state index in [4.69, 9.17) is 41.7 Å². The van der Waals surface area contributed by atoms with E-state index in [1.807, 2.05) is 18.8 Å². The molecular weight excluding hydrogens is 430 g/mol. The molecule has 4 nitrogen and oxygen atoms in total. The third-order valence-corrected chi connectivity index (χ3v) is 9.92.